The van der Waals surface area contributed by atoms with E-state index >= 15 is 0 Å². The smallest absolute Gasteiger partial charge is 0.323 e. The maximum atomic E-state index is 11.9. The lowest BCUT2D eigenvalue weighted by molar-refractivity contribution is 0.0994. The molecule has 0 unspecified atom stereocenters. The molecule has 138 valence electrons. The van der Waals surface area contributed by atoms with Gasteiger partial charge < -0.3 is 15.0 Å². The van der Waals surface area contributed by atoms with Crippen LogP contribution in [0.5, 0.6) is 11.8 Å². The fraction of sp³-hybridized carbons (Fsp3) is 0.200. The Morgan fingerprint density at radius 3 is 2.48 bits per heavy atom. The molecule has 0 saturated carbocycles. The predicted octanol–water partition coefficient (Wildman–Crippen LogP) is 2.66. The number of hydrogen-bond acceptors (Lipinski definition) is 5. The molecule has 0 radical (unpaired) electrons. The molecule has 0 aliphatic heterocycles. The third kappa shape index (κ3) is 3.87. The highest BCUT2D eigenvalue weighted by molar-refractivity contribution is 5.91. The third-order valence-electron chi connectivity index (χ3n) is 4.16. The number of benzene rings is 1. The molecule has 0 bridgehead atoms. The van der Waals surface area contributed by atoms with E-state index in [1.54, 1.807) is 26.2 Å². The lowest BCUT2D eigenvalue weighted by atomic mass is 10.1. The van der Waals surface area contributed by atoms with Crippen LogP contribution < -0.4 is 16.0 Å². The highest BCUT2D eigenvalue weighted by Gasteiger charge is 2.14. The third-order valence-corrected chi connectivity index (χ3v) is 4.16. The molecule has 2 heterocycles. The van der Waals surface area contributed by atoms with E-state index in [1.807, 2.05) is 32.0 Å². The van der Waals surface area contributed by atoms with E-state index in [9.17, 15) is 9.59 Å². The number of pyridine rings is 1. The first kappa shape index (κ1) is 18.3. The van der Waals surface area contributed by atoms with Gasteiger partial charge in [-0.05, 0) is 50.1 Å². The van der Waals surface area contributed by atoms with Crippen LogP contribution in [0, 0.1) is 20.8 Å². The zero-order valence-corrected chi connectivity index (χ0v) is 15.6. The molecule has 1 aromatic carbocycles. The summed E-state index contributed by atoms with van der Waals surface area (Å²) in [4.78, 5) is 32.2. The van der Waals surface area contributed by atoms with Crippen molar-refractivity contribution in [1.82, 2.24) is 14.5 Å². The molecule has 27 heavy (non-hydrogen) atoms. The van der Waals surface area contributed by atoms with Gasteiger partial charge in [-0.15, -0.1) is 0 Å². The predicted molar refractivity (Wildman–Crippen MR) is 102 cm³/mol. The number of aromatic nitrogens is 3. The number of amides is 1. The van der Waals surface area contributed by atoms with E-state index in [1.165, 1.54) is 10.6 Å². The standard InChI is InChI=1S/C20H20N4O3/c1-11-5-6-12(2)17(7-11)27-20-22-15(9-16(23-20)18(21)25)14-8-13(3)19(26)24(4)10-14/h5-10H,1-4H3,(H2,21,25). The highest BCUT2D eigenvalue weighted by atomic mass is 16.5. The molecular weight excluding hydrogens is 344 g/mol. The van der Waals surface area contributed by atoms with Gasteiger partial charge in [0.15, 0.2) is 0 Å². The zero-order valence-electron chi connectivity index (χ0n) is 15.6. The van der Waals surface area contributed by atoms with Gasteiger partial charge in [-0.3, -0.25) is 9.59 Å². The molecule has 0 fully saturated rings. The van der Waals surface area contributed by atoms with Crippen molar-refractivity contribution in [2.75, 3.05) is 0 Å². The molecule has 3 aromatic rings. The Labute approximate surface area is 156 Å². The SMILES string of the molecule is Cc1ccc(C)c(Oc2nc(C(N)=O)cc(-c3cc(C)c(=O)n(C)c3)n2)c1. The first-order valence-electron chi connectivity index (χ1n) is 8.36. The van der Waals surface area contributed by atoms with E-state index in [0.717, 1.165) is 11.1 Å². The molecule has 2 N–H and O–H groups in total. The number of hydrogen-bond donors (Lipinski definition) is 1. The first-order chi connectivity index (χ1) is 12.7. The number of rotatable bonds is 4. The van der Waals surface area contributed by atoms with Crippen LogP contribution in [0.1, 0.15) is 27.2 Å². The summed E-state index contributed by atoms with van der Waals surface area (Å²) in [5.41, 5.74) is 8.95. The molecule has 0 spiro atoms. The van der Waals surface area contributed by atoms with Crippen LogP contribution in [0.3, 0.4) is 0 Å². The second-order valence-electron chi connectivity index (χ2n) is 6.48. The van der Waals surface area contributed by atoms with Crippen LogP contribution in [-0.4, -0.2) is 20.4 Å². The van der Waals surface area contributed by atoms with E-state index in [-0.39, 0.29) is 17.3 Å². The molecule has 1 amide bonds. The molecule has 7 nitrogen and oxygen atoms in total. The van der Waals surface area contributed by atoms with Gasteiger partial charge in [-0.1, -0.05) is 12.1 Å². The second-order valence-corrected chi connectivity index (χ2v) is 6.48. The van der Waals surface area contributed by atoms with Gasteiger partial charge in [-0.25, -0.2) is 0 Å². The highest BCUT2D eigenvalue weighted by Crippen LogP contribution is 2.26. The summed E-state index contributed by atoms with van der Waals surface area (Å²) in [6, 6.07) is 8.98. The van der Waals surface area contributed by atoms with Gasteiger partial charge in [0.05, 0.1) is 5.69 Å². The van der Waals surface area contributed by atoms with Gasteiger partial charge in [0.25, 0.3) is 11.5 Å². The Morgan fingerprint density at radius 1 is 1.07 bits per heavy atom. The van der Waals surface area contributed by atoms with E-state index in [4.69, 9.17) is 10.5 Å². The minimum absolute atomic E-state index is 0.0153. The number of aryl methyl sites for hydroxylation is 4. The summed E-state index contributed by atoms with van der Waals surface area (Å²) in [5, 5.41) is 0. The number of carbonyl (C=O) groups is 1. The van der Waals surface area contributed by atoms with Gasteiger partial charge in [0.1, 0.15) is 11.4 Å². The molecule has 2 aromatic heterocycles. The van der Waals surface area contributed by atoms with Crippen molar-refractivity contribution in [2.45, 2.75) is 20.8 Å². The van der Waals surface area contributed by atoms with Crippen LogP contribution in [0.25, 0.3) is 11.3 Å². The molecule has 0 saturated heterocycles. The quantitative estimate of drug-likeness (QED) is 0.767. The molecule has 7 heteroatoms. The summed E-state index contributed by atoms with van der Waals surface area (Å²) in [5.74, 6) is -0.0924. The lowest BCUT2D eigenvalue weighted by Gasteiger charge is -2.11. The van der Waals surface area contributed by atoms with Gasteiger partial charge in [0.2, 0.25) is 0 Å². The van der Waals surface area contributed by atoms with Gasteiger partial charge in [0, 0.05) is 24.4 Å². The van der Waals surface area contributed by atoms with Crippen LogP contribution in [0.2, 0.25) is 0 Å². The fourth-order valence-corrected chi connectivity index (χ4v) is 2.68. The first-order valence-corrected chi connectivity index (χ1v) is 8.36. The minimum atomic E-state index is -0.689. The summed E-state index contributed by atoms with van der Waals surface area (Å²) in [7, 11) is 1.66. The van der Waals surface area contributed by atoms with Crippen LogP contribution in [0.15, 0.2) is 41.3 Å². The summed E-state index contributed by atoms with van der Waals surface area (Å²) >= 11 is 0. The van der Waals surface area contributed by atoms with E-state index in [2.05, 4.69) is 9.97 Å². The minimum Gasteiger partial charge on any atom is -0.424 e. The molecular formula is C20H20N4O3. The maximum absolute atomic E-state index is 11.9. The van der Waals surface area contributed by atoms with Crippen molar-refractivity contribution in [3.05, 3.63) is 69.3 Å². The van der Waals surface area contributed by atoms with E-state index < -0.39 is 5.91 Å². The van der Waals surface area contributed by atoms with Crippen LogP contribution in [0.4, 0.5) is 0 Å². The number of carbonyl (C=O) groups excluding carboxylic acids is 1. The Morgan fingerprint density at radius 2 is 1.81 bits per heavy atom. The number of nitrogens with two attached hydrogens (primary N) is 1. The fourth-order valence-electron chi connectivity index (χ4n) is 2.68. The van der Waals surface area contributed by atoms with Crippen molar-refractivity contribution in [2.24, 2.45) is 12.8 Å². The summed E-state index contributed by atoms with van der Waals surface area (Å²) in [6.07, 6.45) is 1.64. The number of ether oxygens (including phenoxy) is 1. The Kier molecular flexibility index (Phi) is 4.77. The zero-order chi connectivity index (χ0) is 19.7. The Bertz CT molecular complexity index is 1080. The normalized spacial score (nSPS) is 10.7. The number of nitrogens with zero attached hydrogens (tertiary/aromatic N) is 3. The largest absolute Gasteiger partial charge is 0.424 e. The van der Waals surface area contributed by atoms with Crippen LogP contribution in [-0.2, 0) is 7.05 Å². The molecule has 3 rings (SSSR count). The molecule has 0 aliphatic carbocycles. The van der Waals surface area contributed by atoms with Gasteiger partial charge >= 0.3 is 6.01 Å². The second kappa shape index (κ2) is 7.03. The number of primary amides is 1. The molecule has 0 aliphatic rings. The Hall–Kier alpha value is -3.48. The average Bonchev–Trinajstić information content (AvgIpc) is 2.62. The Balaban J connectivity index is 2.12. The van der Waals surface area contributed by atoms with Crippen molar-refractivity contribution in [3.63, 3.8) is 0 Å². The lowest BCUT2D eigenvalue weighted by Crippen LogP contribution is -2.19. The molecule has 0 atom stereocenters. The monoisotopic (exact) mass is 364 g/mol. The summed E-state index contributed by atoms with van der Waals surface area (Å²) in [6.45, 7) is 5.57. The van der Waals surface area contributed by atoms with Gasteiger partial charge in [-0.2, -0.15) is 9.97 Å². The summed E-state index contributed by atoms with van der Waals surface area (Å²) < 4.78 is 7.29. The van der Waals surface area contributed by atoms with Crippen molar-refractivity contribution < 1.29 is 9.53 Å². The average molecular weight is 364 g/mol. The van der Waals surface area contributed by atoms with Crippen molar-refractivity contribution in [1.29, 1.82) is 0 Å². The van der Waals surface area contributed by atoms with E-state index in [0.29, 0.717) is 22.6 Å². The van der Waals surface area contributed by atoms with Crippen molar-refractivity contribution >= 4 is 5.91 Å². The van der Waals surface area contributed by atoms with Crippen molar-refractivity contribution in [3.8, 4) is 23.0 Å². The maximum Gasteiger partial charge on any atom is 0.323 e. The van der Waals surface area contributed by atoms with Crippen LogP contribution >= 0.6 is 0 Å². The topological polar surface area (TPSA) is 100 Å².